The molecule has 1 atom stereocenters. The zero-order valence-corrected chi connectivity index (χ0v) is 8.49. The molecule has 2 rings (SSSR count). The van der Waals surface area contributed by atoms with Gasteiger partial charge in [-0.1, -0.05) is 6.42 Å². The van der Waals surface area contributed by atoms with Crippen LogP contribution in [0.3, 0.4) is 0 Å². The van der Waals surface area contributed by atoms with E-state index < -0.39 is 0 Å². The monoisotopic (exact) mass is 180 g/mol. The number of likely N-dealkylation sites (N-methyl/N-ethyl adjacent to an activating group) is 1. The Morgan fingerprint density at radius 2 is 2.23 bits per heavy atom. The molecule has 0 spiro atoms. The molecule has 1 fully saturated rings. The van der Waals surface area contributed by atoms with Crippen LogP contribution in [0.25, 0.3) is 0 Å². The lowest BCUT2D eigenvalue weighted by molar-refractivity contribution is -1.04. The average Bonchev–Trinajstić information content (AvgIpc) is 2.06. The van der Waals surface area contributed by atoms with Crippen LogP contribution in [0.2, 0.25) is 0 Å². The molecule has 13 heavy (non-hydrogen) atoms. The van der Waals surface area contributed by atoms with Crippen LogP contribution in [0.4, 0.5) is 0 Å². The molecule has 1 aliphatic heterocycles. The topological polar surface area (TPSA) is 9.23 Å². The summed E-state index contributed by atoms with van der Waals surface area (Å²) in [5.74, 6) is 0.849. The fraction of sp³-hybridized carbons (Fsp3) is 0.636. The Morgan fingerprint density at radius 1 is 1.46 bits per heavy atom. The molecule has 2 nitrogen and oxygen atoms in total. The second kappa shape index (κ2) is 3.28. The maximum absolute atomic E-state index is 5.36. The van der Waals surface area contributed by atoms with E-state index in [1.165, 1.54) is 24.8 Å². The van der Waals surface area contributed by atoms with E-state index in [-0.39, 0.29) is 0 Å². The molecule has 0 bridgehead atoms. The van der Waals surface area contributed by atoms with Crippen molar-refractivity contribution in [1.82, 2.24) is 0 Å². The summed E-state index contributed by atoms with van der Waals surface area (Å²) in [7, 11) is 3.83. The fourth-order valence-corrected chi connectivity index (χ4v) is 1.84. The third-order valence-electron chi connectivity index (χ3n) is 3.27. The van der Waals surface area contributed by atoms with Crippen LogP contribution >= 0.6 is 0 Å². The van der Waals surface area contributed by atoms with E-state index in [4.69, 9.17) is 4.84 Å². The van der Waals surface area contributed by atoms with Gasteiger partial charge in [-0.25, -0.2) is 4.84 Å². The smallest absolute Gasteiger partial charge is 0.132 e. The first kappa shape index (κ1) is 8.97. The van der Waals surface area contributed by atoms with Crippen LogP contribution in [0.5, 0.6) is 0 Å². The summed E-state index contributed by atoms with van der Waals surface area (Å²) in [5.41, 5.74) is 1.53. The Morgan fingerprint density at radius 3 is 2.62 bits per heavy atom. The zero-order valence-electron chi connectivity index (χ0n) is 8.49. The van der Waals surface area contributed by atoms with Gasteiger partial charge in [-0.05, 0) is 36.5 Å². The molecule has 1 aliphatic carbocycles. The number of rotatable bonds is 2. The fourth-order valence-electron chi connectivity index (χ4n) is 1.84. The van der Waals surface area contributed by atoms with Crippen molar-refractivity contribution in [2.45, 2.75) is 19.3 Å². The number of hydrogen-bond acceptors (Lipinski definition) is 1. The lowest BCUT2D eigenvalue weighted by Gasteiger charge is -2.32. The number of hydrogen-bond donors (Lipinski definition) is 0. The van der Waals surface area contributed by atoms with E-state index in [9.17, 15) is 0 Å². The van der Waals surface area contributed by atoms with Crippen LogP contribution in [-0.2, 0) is 4.84 Å². The van der Waals surface area contributed by atoms with Crippen molar-refractivity contribution in [2.24, 2.45) is 5.92 Å². The lowest BCUT2D eigenvalue weighted by atomic mass is 9.79. The van der Waals surface area contributed by atoms with Crippen molar-refractivity contribution in [2.75, 3.05) is 20.7 Å². The van der Waals surface area contributed by atoms with Gasteiger partial charge in [0.1, 0.15) is 19.8 Å². The van der Waals surface area contributed by atoms with Crippen molar-refractivity contribution in [3.8, 4) is 0 Å². The third kappa shape index (κ3) is 1.69. The minimum Gasteiger partial charge on any atom is -0.201 e. The molecule has 0 aromatic heterocycles. The van der Waals surface area contributed by atoms with Gasteiger partial charge >= 0.3 is 0 Å². The van der Waals surface area contributed by atoms with Gasteiger partial charge in [-0.3, -0.25) is 0 Å². The molecule has 2 heteroatoms. The molecular weight excluding hydrogens is 162 g/mol. The van der Waals surface area contributed by atoms with Gasteiger partial charge in [0.15, 0.2) is 0 Å². The first-order valence-corrected chi connectivity index (χ1v) is 5.04. The van der Waals surface area contributed by atoms with Crippen LogP contribution < -0.4 is 0 Å². The summed E-state index contributed by atoms with van der Waals surface area (Å²) in [6.07, 6.45) is 10.9. The number of hydroxylamine groups is 3. The van der Waals surface area contributed by atoms with Crippen LogP contribution in [-0.4, -0.2) is 25.3 Å². The van der Waals surface area contributed by atoms with Crippen molar-refractivity contribution in [3.63, 3.8) is 0 Å². The Labute approximate surface area is 80.0 Å². The highest BCUT2D eigenvalue weighted by Gasteiger charge is 2.26. The molecule has 0 N–H and O–H groups in total. The minimum absolute atomic E-state index is 0.580. The molecule has 0 aromatic rings. The molecule has 0 aromatic carbocycles. The van der Waals surface area contributed by atoms with Gasteiger partial charge in [-0.2, -0.15) is 4.65 Å². The minimum atomic E-state index is 0.580. The van der Waals surface area contributed by atoms with Crippen molar-refractivity contribution in [1.29, 1.82) is 0 Å². The highest BCUT2D eigenvalue weighted by Crippen LogP contribution is 2.35. The van der Waals surface area contributed by atoms with Crippen molar-refractivity contribution >= 4 is 0 Å². The van der Waals surface area contributed by atoms with Gasteiger partial charge in [0.05, 0.1) is 7.11 Å². The second-order valence-electron chi connectivity index (χ2n) is 4.19. The van der Waals surface area contributed by atoms with Crippen molar-refractivity contribution < 1.29 is 9.48 Å². The maximum atomic E-state index is 5.36. The quantitative estimate of drug-likeness (QED) is 0.592. The van der Waals surface area contributed by atoms with Gasteiger partial charge in [-0.15, -0.1) is 0 Å². The van der Waals surface area contributed by atoms with E-state index in [0.29, 0.717) is 4.65 Å². The van der Waals surface area contributed by atoms with E-state index in [1.54, 1.807) is 7.11 Å². The predicted octanol–water partition coefficient (Wildman–Crippen LogP) is 2.25. The van der Waals surface area contributed by atoms with Crippen LogP contribution in [0.1, 0.15) is 19.3 Å². The highest BCUT2D eigenvalue weighted by atomic mass is 16.7. The molecule has 2 aliphatic rings. The molecule has 1 unspecified atom stereocenters. The van der Waals surface area contributed by atoms with Gasteiger partial charge < -0.3 is 0 Å². The molecule has 0 amide bonds. The van der Waals surface area contributed by atoms with Gasteiger partial charge in [0.25, 0.3) is 0 Å². The molecule has 1 saturated carbocycles. The van der Waals surface area contributed by atoms with Crippen molar-refractivity contribution in [3.05, 3.63) is 23.9 Å². The zero-order chi connectivity index (χ0) is 9.31. The first-order valence-electron chi connectivity index (χ1n) is 5.04. The summed E-state index contributed by atoms with van der Waals surface area (Å²) in [6, 6.07) is 0. The second-order valence-corrected chi connectivity index (χ2v) is 4.19. The number of allylic oxidation sites excluding steroid dienone is 2. The Balaban J connectivity index is 2.01. The van der Waals surface area contributed by atoms with E-state index >= 15 is 0 Å². The molecule has 0 radical (unpaired) electrons. The lowest BCUT2D eigenvalue weighted by Crippen LogP contribution is -2.39. The predicted molar refractivity (Wildman–Crippen MR) is 52.6 cm³/mol. The maximum Gasteiger partial charge on any atom is 0.132 e. The molecular formula is C11H18NO+. The summed E-state index contributed by atoms with van der Waals surface area (Å²) < 4.78 is 0.580. The summed E-state index contributed by atoms with van der Waals surface area (Å²) in [5, 5.41) is 0. The highest BCUT2D eigenvalue weighted by molar-refractivity contribution is 5.24. The normalized spacial score (nSPS) is 34.2. The Hall–Kier alpha value is -0.600. The Kier molecular flexibility index (Phi) is 2.26. The Bertz CT molecular complexity index is 253. The van der Waals surface area contributed by atoms with E-state index in [2.05, 4.69) is 25.4 Å². The average molecular weight is 180 g/mol. The SMILES string of the molecule is CO[N+]1(C)C=CC(C2CCC2)=CC1. The van der Waals surface area contributed by atoms with Gasteiger partial charge in [0, 0.05) is 0 Å². The van der Waals surface area contributed by atoms with Crippen LogP contribution in [0.15, 0.2) is 23.9 Å². The third-order valence-corrected chi connectivity index (χ3v) is 3.27. The van der Waals surface area contributed by atoms with E-state index in [0.717, 1.165) is 12.5 Å². The molecule has 1 heterocycles. The standard InChI is InChI=1S/C11H18NO/c1-12(13-2)8-6-11(7-9-12)10-4-3-5-10/h6-8,10H,3-5,9H2,1-2H3/q+1. The van der Waals surface area contributed by atoms with E-state index in [1.807, 2.05) is 0 Å². The number of quaternary nitrogens is 1. The summed E-state index contributed by atoms with van der Waals surface area (Å²) in [6.45, 7) is 0.971. The summed E-state index contributed by atoms with van der Waals surface area (Å²) in [4.78, 5) is 5.36. The molecule has 72 valence electrons. The number of nitrogens with zero attached hydrogens (tertiary/aromatic N) is 1. The molecule has 0 saturated heterocycles. The summed E-state index contributed by atoms with van der Waals surface area (Å²) >= 11 is 0. The van der Waals surface area contributed by atoms with Crippen LogP contribution in [0, 0.1) is 5.92 Å². The largest absolute Gasteiger partial charge is 0.201 e. The first-order chi connectivity index (χ1) is 6.23. The van der Waals surface area contributed by atoms with Gasteiger partial charge in [0.2, 0.25) is 0 Å².